The molecule has 3 rings (SSSR count). The van der Waals surface area contributed by atoms with Crippen LogP contribution in [0.2, 0.25) is 5.02 Å². The first-order valence-corrected chi connectivity index (χ1v) is 13.9. The van der Waals surface area contributed by atoms with Crippen molar-refractivity contribution in [1.82, 2.24) is 4.98 Å². The summed E-state index contributed by atoms with van der Waals surface area (Å²) in [6.45, 7) is 10.2. The second-order valence-electron chi connectivity index (χ2n) is 10.0. The van der Waals surface area contributed by atoms with Crippen molar-refractivity contribution < 1.29 is 26.3 Å². The number of aromatic nitrogens is 1. The summed E-state index contributed by atoms with van der Waals surface area (Å²) in [5.74, 6) is 0.355. The van der Waals surface area contributed by atoms with Gasteiger partial charge in [0.2, 0.25) is 0 Å². The van der Waals surface area contributed by atoms with Crippen LogP contribution in [-0.4, -0.2) is 23.0 Å². The fourth-order valence-corrected chi connectivity index (χ4v) is 4.42. The maximum absolute atomic E-state index is 12.5. The zero-order chi connectivity index (χ0) is 31.0. The highest BCUT2D eigenvalue weighted by atomic mass is 35.5. The number of aromatic amines is 1. The lowest BCUT2D eigenvalue weighted by Gasteiger charge is -2.14. The van der Waals surface area contributed by atoms with Crippen molar-refractivity contribution in [3.63, 3.8) is 0 Å². The lowest BCUT2D eigenvalue weighted by Crippen LogP contribution is -2.23. The second-order valence-corrected chi connectivity index (χ2v) is 10.5. The highest BCUT2D eigenvalue weighted by Crippen LogP contribution is 2.34. The van der Waals surface area contributed by atoms with Gasteiger partial charge in [-0.05, 0) is 75.4 Å². The van der Waals surface area contributed by atoms with E-state index < -0.39 is 23.6 Å². The Kier molecular flexibility index (Phi) is 12.3. The van der Waals surface area contributed by atoms with Gasteiger partial charge in [0.15, 0.2) is 0 Å². The number of halogens is 7. The first-order chi connectivity index (χ1) is 19.1. The molecule has 0 amide bonds. The first kappa shape index (κ1) is 34.2. The van der Waals surface area contributed by atoms with Gasteiger partial charge in [0, 0.05) is 38.8 Å². The minimum Gasteiger partial charge on any atom is -0.358 e. The molecule has 1 N–H and O–H groups in total. The van der Waals surface area contributed by atoms with Gasteiger partial charge in [-0.15, -0.1) is 0 Å². The van der Waals surface area contributed by atoms with Crippen LogP contribution in [0.3, 0.4) is 0 Å². The molecule has 1 aromatic heterocycles. The summed E-state index contributed by atoms with van der Waals surface area (Å²) >= 11 is 6.23. The highest BCUT2D eigenvalue weighted by molar-refractivity contribution is 6.31. The third-order valence-corrected chi connectivity index (χ3v) is 6.81. The smallest absolute Gasteiger partial charge is 0.358 e. The number of rotatable bonds is 8. The number of fused-ring (bicyclic) bond motifs is 1. The van der Waals surface area contributed by atoms with E-state index in [-0.39, 0.29) is 11.8 Å². The third-order valence-electron chi connectivity index (χ3n) is 6.58. The Labute approximate surface area is 243 Å². The number of nitrogens with zero attached hydrogens (tertiary/aromatic N) is 1. The van der Waals surface area contributed by atoms with Crippen LogP contribution in [0, 0.1) is 6.92 Å². The van der Waals surface area contributed by atoms with Gasteiger partial charge < -0.3 is 4.98 Å². The van der Waals surface area contributed by atoms with Crippen molar-refractivity contribution in [3.05, 3.63) is 93.3 Å². The van der Waals surface area contributed by atoms with E-state index in [1.54, 1.807) is 6.92 Å². The summed E-state index contributed by atoms with van der Waals surface area (Å²) in [5.41, 5.74) is 3.73. The van der Waals surface area contributed by atoms with Crippen LogP contribution in [0.4, 0.5) is 26.3 Å². The van der Waals surface area contributed by atoms with E-state index in [4.69, 9.17) is 11.6 Å². The number of hydrogen-bond acceptors (Lipinski definition) is 1. The number of aryl methyl sites for hydroxylation is 2. The molecule has 41 heavy (non-hydrogen) atoms. The molecule has 0 saturated carbocycles. The zero-order valence-electron chi connectivity index (χ0n) is 24.2. The molecule has 0 aliphatic heterocycles. The summed E-state index contributed by atoms with van der Waals surface area (Å²) in [4.78, 5) is 6.82. The predicted molar refractivity (Wildman–Crippen MR) is 158 cm³/mol. The molecular formula is C32H37ClF6N2. The standard InChI is InChI=1S/C21H24ClN.C11H13F6N/c1-4-5-6-18-19-13-17(22)11-12-20(19)23-21(18)15(3)16-9-7-14(2)8-10-16;1-4-5-8(3)18-9(11(15,16)17)6-7(2)10(12,13)14/h7-13,15,23H,4-6H2,1-3H3;5-6H,4H2,1-3H3/b;7-6+,8-5+,18-9-. The average Bonchev–Trinajstić information content (AvgIpc) is 3.24. The number of H-pyrrole nitrogens is 1. The Bertz CT molecular complexity index is 1380. The second kappa shape index (κ2) is 14.8. The Morgan fingerprint density at radius 3 is 2.15 bits per heavy atom. The van der Waals surface area contributed by atoms with E-state index in [0.29, 0.717) is 19.3 Å². The number of hydrogen-bond donors (Lipinski definition) is 1. The van der Waals surface area contributed by atoms with Crippen molar-refractivity contribution >= 4 is 28.2 Å². The Hall–Kier alpha value is -3.00. The molecule has 0 saturated heterocycles. The highest BCUT2D eigenvalue weighted by Gasteiger charge is 2.38. The summed E-state index contributed by atoms with van der Waals surface area (Å²) in [5, 5.41) is 2.09. The van der Waals surface area contributed by atoms with Crippen LogP contribution in [0.15, 0.2) is 70.9 Å². The minimum atomic E-state index is -4.92. The summed E-state index contributed by atoms with van der Waals surface area (Å²) in [7, 11) is 0. The van der Waals surface area contributed by atoms with Crippen molar-refractivity contribution in [2.45, 2.75) is 85.5 Å². The van der Waals surface area contributed by atoms with E-state index in [9.17, 15) is 26.3 Å². The maximum atomic E-state index is 12.5. The Morgan fingerprint density at radius 2 is 1.61 bits per heavy atom. The average molecular weight is 599 g/mol. The van der Waals surface area contributed by atoms with E-state index >= 15 is 0 Å². The molecule has 1 heterocycles. The molecule has 0 bridgehead atoms. The van der Waals surface area contributed by atoms with Crippen LogP contribution >= 0.6 is 11.6 Å². The topological polar surface area (TPSA) is 28.1 Å². The Balaban J connectivity index is 0.000000298. The van der Waals surface area contributed by atoms with Gasteiger partial charge in [-0.3, -0.25) is 0 Å². The quantitative estimate of drug-likeness (QED) is 0.197. The Morgan fingerprint density at radius 1 is 0.976 bits per heavy atom. The van der Waals surface area contributed by atoms with Crippen LogP contribution in [0.25, 0.3) is 10.9 Å². The van der Waals surface area contributed by atoms with Gasteiger partial charge in [-0.25, -0.2) is 4.99 Å². The largest absolute Gasteiger partial charge is 0.433 e. The lowest BCUT2D eigenvalue weighted by molar-refractivity contribution is -0.0915. The van der Waals surface area contributed by atoms with Crippen molar-refractivity contribution in [1.29, 1.82) is 0 Å². The number of alkyl halides is 6. The van der Waals surface area contributed by atoms with Gasteiger partial charge in [-0.2, -0.15) is 26.3 Å². The molecule has 0 aliphatic rings. The molecule has 0 aliphatic carbocycles. The summed E-state index contributed by atoms with van der Waals surface area (Å²) in [6, 6.07) is 15.0. The molecule has 9 heteroatoms. The number of allylic oxidation sites excluding steroid dienone is 4. The molecule has 1 unspecified atom stereocenters. The molecule has 0 spiro atoms. The number of aliphatic imine (C=N–C) groups is 1. The van der Waals surface area contributed by atoms with Gasteiger partial charge in [0.05, 0.1) is 0 Å². The fourth-order valence-electron chi connectivity index (χ4n) is 4.25. The van der Waals surface area contributed by atoms with Crippen LogP contribution in [0.1, 0.15) is 82.2 Å². The fraction of sp³-hybridized carbons (Fsp3) is 0.406. The first-order valence-electron chi connectivity index (χ1n) is 13.5. The van der Waals surface area contributed by atoms with Gasteiger partial charge in [0.1, 0.15) is 5.71 Å². The van der Waals surface area contributed by atoms with Gasteiger partial charge in [0.25, 0.3) is 0 Å². The molecular weight excluding hydrogens is 562 g/mol. The normalized spacial score (nSPS) is 14.2. The lowest BCUT2D eigenvalue weighted by atomic mass is 9.92. The molecule has 224 valence electrons. The van der Waals surface area contributed by atoms with Crippen molar-refractivity contribution in [3.8, 4) is 0 Å². The zero-order valence-corrected chi connectivity index (χ0v) is 25.0. The van der Waals surface area contributed by atoms with Crippen molar-refractivity contribution in [2.75, 3.05) is 0 Å². The monoisotopic (exact) mass is 598 g/mol. The van der Waals surface area contributed by atoms with Crippen LogP contribution in [0.5, 0.6) is 0 Å². The van der Waals surface area contributed by atoms with Gasteiger partial charge in [-0.1, -0.05) is 74.7 Å². The SMILES string of the molecule is CC/C=C(C)/N=C(/C=C(\C)C(F)(F)F)C(F)(F)F.CCCCc1c(C(C)c2ccc(C)cc2)[nH]c2ccc(Cl)cc12. The molecule has 1 atom stereocenters. The summed E-state index contributed by atoms with van der Waals surface area (Å²) < 4.78 is 74.0. The van der Waals surface area contributed by atoms with Gasteiger partial charge >= 0.3 is 12.4 Å². The van der Waals surface area contributed by atoms with Crippen molar-refractivity contribution in [2.24, 2.45) is 4.99 Å². The molecule has 2 nitrogen and oxygen atoms in total. The predicted octanol–water partition coefficient (Wildman–Crippen LogP) is 11.4. The summed E-state index contributed by atoms with van der Waals surface area (Å²) in [6.07, 6.45) is -4.37. The van der Waals surface area contributed by atoms with Crippen LogP contribution in [-0.2, 0) is 6.42 Å². The van der Waals surface area contributed by atoms with Crippen LogP contribution < -0.4 is 0 Å². The van der Waals surface area contributed by atoms with E-state index in [0.717, 1.165) is 11.4 Å². The maximum Gasteiger partial charge on any atom is 0.433 e. The molecule has 0 fully saturated rings. The number of benzene rings is 2. The molecule has 2 aromatic carbocycles. The molecule has 0 radical (unpaired) electrons. The third kappa shape index (κ3) is 10.1. The van der Waals surface area contributed by atoms with E-state index in [1.165, 1.54) is 59.1 Å². The number of nitrogens with one attached hydrogen (secondary N) is 1. The minimum absolute atomic E-state index is 0.00694. The van der Waals surface area contributed by atoms with E-state index in [2.05, 4.69) is 67.1 Å². The number of unbranched alkanes of at least 4 members (excludes halogenated alkanes) is 1. The van der Waals surface area contributed by atoms with E-state index in [1.807, 2.05) is 6.07 Å². The molecule has 3 aromatic rings.